The number of rotatable bonds is 5. The highest BCUT2D eigenvalue weighted by atomic mass is 16.5. The Bertz CT molecular complexity index is 812. The molecule has 4 unspecified atom stereocenters. The Morgan fingerprint density at radius 3 is 2.66 bits per heavy atom. The van der Waals surface area contributed by atoms with E-state index in [1.807, 2.05) is 19.1 Å². The van der Waals surface area contributed by atoms with Crippen LogP contribution >= 0.6 is 0 Å². The van der Waals surface area contributed by atoms with Crippen LogP contribution in [0.1, 0.15) is 79.6 Å². The van der Waals surface area contributed by atoms with Crippen molar-refractivity contribution < 1.29 is 19.4 Å². The van der Waals surface area contributed by atoms with E-state index in [2.05, 4.69) is 27.7 Å². The SMILES string of the molecule is CCOC(=O)/C=C/[C@@H](C)C1CCC2C3C(CC[C@@]21C)[C@@]1(C)CCC(=O)C=C1[C@@H](CC)[C@@H]3O. The summed E-state index contributed by atoms with van der Waals surface area (Å²) < 4.78 is 5.08. The number of carbonyl (C=O) groups excluding carboxylic acids is 2. The number of hydrogen-bond acceptors (Lipinski definition) is 4. The van der Waals surface area contributed by atoms with Gasteiger partial charge in [-0.2, -0.15) is 0 Å². The molecule has 3 fully saturated rings. The first-order valence-electron chi connectivity index (χ1n) is 12.9. The lowest BCUT2D eigenvalue weighted by atomic mass is 9.43. The maximum absolute atomic E-state index is 12.3. The van der Waals surface area contributed by atoms with Gasteiger partial charge in [-0.05, 0) is 91.9 Å². The molecular formula is C28H42O4. The lowest BCUT2D eigenvalue weighted by Gasteiger charge is -2.61. The van der Waals surface area contributed by atoms with Gasteiger partial charge in [0.25, 0.3) is 0 Å². The van der Waals surface area contributed by atoms with Crippen molar-refractivity contribution >= 4 is 11.8 Å². The first kappa shape index (κ1) is 23.7. The number of allylic oxidation sites excluding steroid dienone is 1. The lowest BCUT2D eigenvalue weighted by molar-refractivity contribution is -0.137. The number of aliphatic hydroxyl groups is 1. The zero-order chi connectivity index (χ0) is 23.3. The molecular weight excluding hydrogens is 400 g/mol. The van der Waals surface area contributed by atoms with Gasteiger partial charge in [-0.1, -0.05) is 39.3 Å². The summed E-state index contributed by atoms with van der Waals surface area (Å²) in [5.74, 6) is 2.19. The molecule has 1 N–H and O–H groups in total. The highest BCUT2D eigenvalue weighted by Gasteiger charge is 2.63. The highest BCUT2D eigenvalue weighted by molar-refractivity contribution is 5.91. The maximum Gasteiger partial charge on any atom is 0.330 e. The molecule has 0 amide bonds. The Balaban J connectivity index is 1.62. The second kappa shape index (κ2) is 8.74. The number of aliphatic hydroxyl groups excluding tert-OH is 1. The third-order valence-corrected chi connectivity index (χ3v) is 10.2. The maximum atomic E-state index is 12.3. The van der Waals surface area contributed by atoms with Gasteiger partial charge in [0.05, 0.1) is 12.7 Å². The average Bonchev–Trinajstić information content (AvgIpc) is 3.11. The molecule has 4 aliphatic carbocycles. The molecule has 0 spiro atoms. The average molecular weight is 443 g/mol. The Morgan fingerprint density at radius 2 is 1.97 bits per heavy atom. The normalized spacial score (nSPS) is 44.4. The van der Waals surface area contributed by atoms with E-state index < -0.39 is 0 Å². The van der Waals surface area contributed by atoms with E-state index in [0.717, 1.165) is 32.1 Å². The van der Waals surface area contributed by atoms with Crippen molar-refractivity contribution in [3.8, 4) is 0 Å². The van der Waals surface area contributed by atoms with Gasteiger partial charge in [0.15, 0.2) is 5.78 Å². The zero-order valence-corrected chi connectivity index (χ0v) is 20.6. The van der Waals surface area contributed by atoms with Crippen LogP contribution in [0.2, 0.25) is 0 Å². The summed E-state index contributed by atoms with van der Waals surface area (Å²) >= 11 is 0. The molecule has 0 radical (unpaired) electrons. The topological polar surface area (TPSA) is 63.6 Å². The summed E-state index contributed by atoms with van der Waals surface area (Å²) in [6, 6.07) is 0. The predicted molar refractivity (Wildman–Crippen MR) is 126 cm³/mol. The number of ether oxygens (including phenoxy) is 1. The van der Waals surface area contributed by atoms with Crippen LogP contribution in [-0.2, 0) is 14.3 Å². The van der Waals surface area contributed by atoms with Crippen LogP contribution in [0.25, 0.3) is 0 Å². The van der Waals surface area contributed by atoms with E-state index in [4.69, 9.17) is 4.74 Å². The van der Waals surface area contributed by atoms with Crippen LogP contribution < -0.4 is 0 Å². The minimum Gasteiger partial charge on any atom is -0.463 e. The first-order chi connectivity index (χ1) is 15.2. The molecule has 0 bridgehead atoms. The van der Waals surface area contributed by atoms with Crippen molar-refractivity contribution in [3.05, 3.63) is 23.8 Å². The Labute approximate surface area is 193 Å². The Kier molecular flexibility index (Phi) is 6.48. The van der Waals surface area contributed by atoms with Crippen molar-refractivity contribution in [1.82, 2.24) is 0 Å². The molecule has 4 nitrogen and oxygen atoms in total. The molecule has 0 aromatic carbocycles. The molecule has 32 heavy (non-hydrogen) atoms. The minimum absolute atomic E-state index is 0.0489. The summed E-state index contributed by atoms with van der Waals surface area (Å²) in [7, 11) is 0. The van der Waals surface area contributed by atoms with E-state index >= 15 is 0 Å². The highest BCUT2D eigenvalue weighted by Crippen LogP contribution is 2.68. The van der Waals surface area contributed by atoms with Crippen LogP contribution in [0.15, 0.2) is 23.8 Å². The van der Waals surface area contributed by atoms with E-state index in [1.165, 1.54) is 12.0 Å². The van der Waals surface area contributed by atoms with Crippen molar-refractivity contribution in [2.45, 2.75) is 85.7 Å². The van der Waals surface area contributed by atoms with Gasteiger partial charge in [-0.15, -0.1) is 0 Å². The van der Waals surface area contributed by atoms with Gasteiger partial charge in [0, 0.05) is 18.4 Å². The lowest BCUT2D eigenvalue weighted by Crippen LogP contribution is -2.58. The molecule has 0 saturated heterocycles. The van der Waals surface area contributed by atoms with Crippen molar-refractivity contribution in [2.75, 3.05) is 6.61 Å². The molecule has 4 aliphatic rings. The molecule has 0 aromatic rings. The standard InChI is InChI=1S/C28H42O4/c1-6-19-23-16-18(29)12-14-28(23,5)22-13-15-27(4)20(9-10-21(27)25(22)26(19)31)17(3)8-11-24(30)32-7-2/h8,11,16-17,19-22,25-26,31H,6-7,9-10,12-15H2,1-5H3/b11-8+/t17-,19-,20?,21?,22?,25?,26+,27-,28-/m1/s1. The number of esters is 1. The van der Waals surface area contributed by atoms with Gasteiger partial charge < -0.3 is 9.84 Å². The van der Waals surface area contributed by atoms with Crippen molar-refractivity contribution in [1.29, 1.82) is 0 Å². The molecule has 178 valence electrons. The van der Waals surface area contributed by atoms with Crippen LogP contribution in [0.5, 0.6) is 0 Å². The summed E-state index contributed by atoms with van der Waals surface area (Å²) in [6.07, 6.45) is 12.3. The van der Waals surface area contributed by atoms with Gasteiger partial charge >= 0.3 is 5.97 Å². The van der Waals surface area contributed by atoms with Gasteiger partial charge in [-0.25, -0.2) is 4.79 Å². The predicted octanol–water partition coefficient (Wildman–Crippen LogP) is 5.50. The number of ketones is 1. The minimum atomic E-state index is -0.357. The van der Waals surface area contributed by atoms with E-state index in [0.29, 0.717) is 42.6 Å². The van der Waals surface area contributed by atoms with E-state index in [-0.39, 0.29) is 34.6 Å². The Hall–Kier alpha value is -1.42. The number of fused-ring (bicyclic) bond motifs is 5. The first-order valence-corrected chi connectivity index (χ1v) is 12.9. The molecule has 3 saturated carbocycles. The van der Waals surface area contributed by atoms with Gasteiger partial charge in [-0.3, -0.25) is 4.79 Å². The molecule has 9 atom stereocenters. The molecule has 0 aromatic heterocycles. The summed E-state index contributed by atoms with van der Waals surface area (Å²) in [6.45, 7) is 11.5. The zero-order valence-electron chi connectivity index (χ0n) is 20.6. The van der Waals surface area contributed by atoms with E-state index in [1.54, 1.807) is 6.08 Å². The third kappa shape index (κ3) is 3.61. The fourth-order valence-electron chi connectivity index (χ4n) is 8.65. The largest absolute Gasteiger partial charge is 0.463 e. The number of carbonyl (C=O) groups is 2. The second-order valence-electron chi connectivity index (χ2n) is 11.5. The van der Waals surface area contributed by atoms with E-state index in [9.17, 15) is 14.7 Å². The monoisotopic (exact) mass is 442 g/mol. The fourth-order valence-corrected chi connectivity index (χ4v) is 8.65. The molecule has 0 heterocycles. The fraction of sp³-hybridized carbons (Fsp3) is 0.786. The van der Waals surface area contributed by atoms with Crippen LogP contribution in [-0.4, -0.2) is 29.6 Å². The van der Waals surface area contributed by atoms with Gasteiger partial charge in [0.2, 0.25) is 0 Å². The second-order valence-corrected chi connectivity index (χ2v) is 11.5. The van der Waals surface area contributed by atoms with Crippen molar-refractivity contribution in [2.24, 2.45) is 46.3 Å². The summed E-state index contributed by atoms with van der Waals surface area (Å²) in [4.78, 5) is 24.1. The number of hydrogen-bond donors (Lipinski definition) is 1. The smallest absolute Gasteiger partial charge is 0.330 e. The summed E-state index contributed by atoms with van der Waals surface area (Å²) in [5.41, 5.74) is 1.47. The molecule has 4 rings (SSSR count). The third-order valence-electron chi connectivity index (χ3n) is 10.2. The summed E-state index contributed by atoms with van der Waals surface area (Å²) in [5, 5.41) is 11.7. The molecule has 0 aliphatic heterocycles. The van der Waals surface area contributed by atoms with Crippen LogP contribution in [0, 0.1) is 46.3 Å². The van der Waals surface area contributed by atoms with Crippen LogP contribution in [0.4, 0.5) is 0 Å². The van der Waals surface area contributed by atoms with Crippen LogP contribution in [0.3, 0.4) is 0 Å². The Morgan fingerprint density at radius 1 is 1.22 bits per heavy atom. The van der Waals surface area contributed by atoms with Gasteiger partial charge in [0.1, 0.15) is 0 Å². The van der Waals surface area contributed by atoms with Crippen molar-refractivity contribution in [3.63, 3.8) is 0 Å². The quantitative estimate of drug-likeness (QED) is 0.451. The molecule has 4 heteroatoms.